The molecule has 0 bridgehead atoms. The van der Waals surface area contributed by atoms with Crippen molar-refractivity contribution in [3.8, 4) is 0 Å². The van der Waals surface area contributed by atoms with Crippen LogP contribution in [-0.4, -0.2) is 24.6 Å². The molecule has 0 unspecified atom stereocenters. The fraction of sp³-hybridized carbons (Fsp3) is 0.167. The summed E-state index contributed by atoms with van der Waals surface area (Å²) in [5.74, 6) is -0.911. The Labute approximate surface area is 154 Å². The van der Waals surface area contributed by atoms with E-state index in [-0.39, 0.29) is 15.9 Å². The molecule has 1 aromatic heterocycles. The highest BCUT2D eigenvalue weighted by molar-refractivity contribution is 7.90. The predicted molar refractivity (Wildman–Crippen MR) is 95.1 cm³/mol. The Morgan fingerprint density at radius 3 is 2.42 bits per heavy atom. The van der Waals surface area contributed by atoms with Crippen molar-refractivity contribution in [2.45, 2.75) is 17.4 Å². The Morgan fingerprint density at radius 1 is 1.15 bits per heavy atom. The van der Waals surface area contributed by atoms with Gasteiger partial charge in [0.25, 0.3) is 0 Å². The van der Waals surface area contributed by atoms with E-state index in [0.717, 1.165) is 11.8 Å². The highest BCUT2D eigenvalue weighted by Crippen LogP contribution is 2.30. The van der Waals surface area contributed by atoms with Crippen LogP contribution in [0.25, 0.3) is 0 Å². The molecule has 4 nitrogen and oxygen atoms in total. The van der Waals surface area contributed by atoms with Crippen molar-refractivity contribution < 1.29 is 17.2 Å². The summed E-state index contributed by atoms with van der Waals surface area (Å²) in [6, 6.07) is 10.2. The smallest absolute Gasteiger partial charge is 0.192 e. The number of aromatic amines is 1. The number of hydrogen-bond acceptors (Lipinski definition) is 3. The van der Waals surface area contributed by atoms with Crippen LogP contribution in [0.5, 0.6) is 0 Å². The Bertz CT molecular complexity index is 1030. The molecule has 0 saturated heterocycles. The maximum Gasteiger partial charge on any atom is 0.192 e. The second-order valence-corrected chi connectivity index (χ2v) is 8.35. The molecule has 8 heteroatoms. The van der Waals surface area contributed by atoms with Gasteiger partial charge in [0, 0.05) is 12.2 Å². The summed E-state index contributed by atoms with van der Waals surface area (Å²) in [7, 11) is -3.44. The van der Waals surface area contributed by atoms with Gasteiger partial charge in [-0.2, -0.15) is 0 Å². The van der Waals surface area contributed by atoms with Gasteiger partial charge in [-0.05, 0) is 41.8 Å². The fourth-order valence-corrected chi connectivity index (χ4v) is 3.37. The number of hydrogen-bond donors (Lipinski definition) is 1. The lowest BCUT2D eigenvalue weighted by Crippen LogP contribution is -2.08. The van der Waals surface area contributed by atoms with Crippen LogP contribution >= 0.6 is 11.6 Å². The zero-order valence-corrected chi connectivity index (χ0v) is 15.3. The molecule has 1 atom stereocenters. The van der Waals surface area contributed by atoms with Crippen molar-refractivity contribution in [3.05, 3.63) is 82.3 Å². The molecule has 3 aromatic rings. The molecule has 1 N–H and O–H groups in total. The van der Waals surface area contributed by atoms with Crippen molar-refractivity contribution in [1.29, 1.82) is 0 Å². The van der Waals surface area contributed by atoms with E-state index < -0.39 is 21.6 Å². The maximum atomic E-state index is 13.5. The van der Waals surface area contributed by atoms with Gasteiger partial charge in [-0.15, -0.1) is 0 Å². The van der Waals surface area contributed by atoms with Gasteiger partial charge in [-0.3, -0.25) is 0 Å². The van der Waals surface area contributed by atoms with Gasteiger partial charge in [0.1, 0.15) is 17.5 Å². The average molecular weight is 397 g/mol. The van der Waals surface area contributed by atoms with E-state index in [1.807, 2.05) is 0 Å². The number of nitrogens with zero attached hydrogens (tertiary/aromatic N) is 1. The Hall–Kier alpha value is -2.25. The molecule has 0 aliphatic carbocycles. The van der Waals surface area contributed by atoms with Crippen LogP contribution < -0.4 is 0 Å². The summed E-state index contributed by atoms with van der Waals surface area (Å²) in [6.07, 6.45) is 2.72. The Balaban J connectivity index is 2.04. The number of benzene rings is 2. The molecule has 0 saturated carbocycles. The molecular weight excluding hydrogens is 382 g/mol. The lowest BCUT2D eigenvalue weighted by molar-refractivity contribution is 0.598. The van der Waals surface area contributed by atoms with Crippen LogP contribution in [0, 0.1) is 11.6 Å². The molecule has 0 aliphatic heterocycles. The van der Waals surface area contributed by atoms with E-state index in [2.05, 4.69) is 9.97 Å². The van der Waals surface area contributed by atoms with E-state index in [4.69, 9.17) is 11.6 Å². The quantitative estimate of drug-likeness (QED) is 0.705. The van der Waals surface area contributed by atoms with E-state index >= 15 is 0 Å². The summed E-state index contributed by atoms with van der Waals surface area (Å²) in [4.78, 5) is 6.99. The summed E-state index contributed by atoms with van der Waals surface area (Å²) in [5.41, 5.74) is 1.48. The lowest BCUT2D eigenvalue weighted by Gasteiger charge is -2.16. The van der Waals surface area contributed by atoms with Crippen molar-refractivity contribution in [2.75, 3.05) is 6.26 Å². The van der Waals surface area contributed by atoms with Gasteiger partial charge < -0.3 is 4.98 Å². The van der Waals surface area contributed by atoms with Gasteiger partial charge in [-0.25, -0.2) is 22.2 Å². The molecule has 0 aliphatic rings. The highest BCUT2D eigenvalue weighted by atomic mass is 35.5. The zero-order valence-electron chi connectivity index (χ0n) is 13.7. The van der Waals surface area contributed by atoms with Crippen molar-refractivity contribution in [3.63, 3.8) is 0 Å². The first-order chi connectivity index (χ1) is 12.2. The maximum absolute atomic E-state index is 13.5. The fourth-order valence-electron chi connectivity index (χ4n) is 2.64. The predicted octanol–water partition coefficient (Wildman–Crippen LogP) is 4.12. The summed E-state index contributed by atoms with van der Waals surface area (Å²) in [6.45, 7) is 0. The van der Waals surface area contributed by atoms with Gasteiger partial charge in [-0.1, -0.05) is 29.8 Å². The number of sulfone groups is 1. The van der Waals surface area contributed by atoms with E-state index in [0.29, 0.717) is 17.8 Å². The SMILES string of the molecule is CS(=O)(=O)c1cnc([C@@H](Cc2ccc(F)cc2)c2ccc(F)c(Cl)c2)[nH]1. The second-order valence-electron chi connectivity index (χ2n) is 5.96. The van der Waals surface area contributed by atoms with Gasteiger partial charge in [0.2, 0.25) is 0 Å². The summed E-state index contributed by atoms with van der Waals surface area (Å²) < 4.78 is 50.1. The summed E-state index contributed by atoms with van der Waals surface area (Å²) >= 11 is 5.90. The molecule has 0 fully saturated rings. The molecule has 3 rings (SSSR count). The van der Waals surface area contributed by atoms with Crippen LogP contribution in [0.4, 0.5) is 8.78 Å². The number of imidazole rings is 1. The van der Waals surface area contributed by atoms with Crippen molar-refractivity contribution in [2.24, 2.45) is 0 Å². The molecule has 1 heterocycles. The van der Waals surface area contributed by atoms with Crippen LogP contribution in [0.2, 0.25) is 5.02 Å². The second kappa shape index (κ2) is 7.17. The van der Waals surface area contributed by atoms with E-state index in [1.54, 1.807) is 18.2 Å². The standard InChI is InChI=1S/C18H15ClF2N2O2S/c1-26(24,25)17-10-22-18(23-17)14(8-11-2-5-13(20)6-3-11)12-4-7-16(21)15(19)9-12/h2-7,9-10,14H,8H2,1H3,(H,22,23)/t14-/m0/s1. The normalized spacial score (nSPS) is 12.9. The zero-order chi connectivity index (χ0) is 18.9. The number of rotatable bonds is 5. The number of halogens is 3. The monoisotopic (exact) mass is 396 g/mol. The largest absolute Gasteiger partial charge is 0.333 e. The highest BCUT2D eigenvalue weighted by Gasteiger charge is 2.21. The molecule has 2 aromatic carbocycles. The topological polar surface area (TPSA) is 62.8 Å². The molecule has 0 radical (unpaired) electrons. The molecule has 0 spiro atoms. The lowest BCUT2D eigenvalue weighted by atomic mass is 9.91. The van der Waals surface area contributed by atoms with Gasteiger partial charge >= 0.3 is 0 Å². The molecule has 26 heavy (non-hydrogen) atoms. The minimum atomic E-state index is -3.44. The van der Waals surface area contributed by atoms with Crippen molar-refractivity contribution >= 4 is 21.4 Å². The van der Waals surface area contributed by atoms with Gasteiger partial charge in [0.05, 0.1) is 11.2 Å². The first-order valence-electron chi connectivity index (χ1n) is 7.68. The van der Waals surface area contributed by atoms with Crippen LogP contribution in [0.15, 0.2) is 53.7 Å². The molecule has 136 valence electrons. The number of aromatic nitrogens is 2. The minimum Gasteiger partial charge on any atom is -0.333 e. The summed E-state index contributed by atoms with van der Waals surface area (Å²) in [5, 5.41) is -0.0497. The third kappa shape index (κ3) is 4.11. The Kier molecular flexibility index (Phi) is 5.11. The third-order valence-electron chi connectivity index (χ3n) is 4.00. The van der Waals surface area contributed by atoms with E-state index in [1.165, 1.54) is 30.5 Å². The minimum absolute atomic E-state index is 0.00943. The van der Waals surface area contributed by atoms with Crippen LogP contribution in [-0.2, 0) is 16.3 Å². The van der Waals surface area contributed by atoms with Crippen LogP contribution in [0.3, 0.4) is 0 Å². The molecule has 0 amide bonds. The first-order valence-corrected chi connectivity index (χ1v) is 9.95. The Morgan fingerprint density at radius 2 is 1.85 bits per heavy atom. The van der Waals surface area contributed by atoms with E-state index in [9.17, 15) is 17.2 Å². The van der Waals surface area contributed by atoms with Gasteiger partial charge in [0.15, 0.2) is 14.9 Å². The van der Waals surface area contributed by atoms with Crippen molar-refractivity contribution in [1.82, 2.24) is 9.97 Å². The average Bonchev–Trinajstić information content (AvgIpc) is 3.07. The number of nitrogens with one attached hydrogen (secondary N) is 1. The first kappa shape index (κ1) is 18.5. The number of H-pyrrole nitrogens is 1. The van der Waals surface area contributed by atoms with Crippen LogP contribution in [0.1, 0.15) is 22.9 Å². The third-order valence-corrected chi connectivity index (χ3v) is 5.30. The molecular formula is C18H15ClF2N2O2S.